The number of nitrogens with one attached hydrogen (secondary N) is 2. The van der Waals surface area contributed by atoms with Crippen molar-refractivity contribution in [1.29, 1.82) is 0 Å². The maximum atomic E-state index is 11.9. The van der Waals surface area contributed by atoms with Crippen LogP contribution in [-0.2, 0) is 4.79 Å². The molecule has 1 amide bonds. The molecule has 1 unspecified atom stereocenters. The average Bonchev–Trinajstić information content (AvgIpc) is 2.53. The Kier molecular flexibility index (Phi) is 6.11. The number of aryl methyl sites for hydroxylation is 1. The highest BCUT2D eigenvalue weighted by Crippen LogP contribution is 2.12. The summed E-state index contributed by atoms with van der Waals surface area (Å²) in [4.78, 5) is 11.9. The third-order valence-electron chi connectivity index (χ3n) is 3.26. The van der Waals surface area contributed by atoms with Gasteiger partial charge >= 0.3 is 0 Å². The summed E-state index contributed by atoms with van der Waals surface area (Å²) in [5, 5.41) is 5.99. The van der Waals surface area contributed by atoms with Crippen LogP contribution in [0.3, 0.4) is 0 Å². The third kappa shape index (κ3) is 5.71. The van der Waals surface area contributed by atoms with Gasteiger partial charge in [0.25, 0.3) is 5.91 Å². The van der Waals surface area contributed by atoms with E-state index in [1.54, 1.807) is 0 Å². The number of carbonyl (C=O) groups is 1. The van der Waals surface area contributed by atoms with Crippen LogP contribution in [0.15, 0.2) is 54.6 Å². The van der Waals surface area contributed by atoms with E-state index in [0.29, 0.717) is 10.9 Å². The minimum Gasteiger partial charge on any atom is -0.484 e. The highest BCUT2D eigenvalue weighted by molar-refractivity contribution is 7.80. The molecule has 4 nitrogen and oxygen atoms in total. The van der Waals surface area contributed by atoms with Crippen molar-refractivity contribution in [2.24, 2.45) is 0 Å². The molecule has 5 heteroatoms. The van der Waals surface area contributed by atoms with Crippen molar-refractivity contribution in [3.63, 3.8) is 0 Å². The molecule has 0 aliphatic heterocycles. The van der Waals surface area contributed by atoms with Gasteiger partial charge in [-0.25, -0.2) is 0 Å². The Bertz CT molecular complexity index is 674. The molecule has 2 aromatic carbocycles. The Morgan fingerprint density at radius 3 is 2.61 bits per heavy atom. The molecule has 0 aromatic heterocycles. The minimum absolute atomic E-state index is 0.0155. The minimum atomic E-state index is -0.288. The van der Waals surface area contributed by atoms with Crippen molar-refractivity contribution in [3.8, 4) is 5.75 Å². The Labute approximate surface area is 141 Å². The summed E-state index contributed by atoms with van der Waals surface area (Å²) in [6.07, 6.45) is 0. The van der Waals surface area contributed by atoms with Crippen LogP contribution in [0, 0.1) is 6.92 Å². The number of amides is 1. The zero-order valence-corrected chi connectivity index (χ0v) is 14.0. The fraction of sp³-hybridized carbons (Fsp3) is 0.222. The van der Waals surface area contributed by atoms with Crippen molar-refractivity contribution in [1.82, 2.24) is 10.6 Å². The highest BCUT2D eigenvalue weighted by Gasteiger charge is 2.09. The largest absolute Gasteiger partial charge is 0.484 e. The number of carbonyl (C=O) groups excluding carboxylic acids is 1. The van der Waals surface area contributed by atoms with Gasteiger partial charge in [-0.1, -0.05) is 42.5 Å². The molecule has 2 rings (SSSR count). The highest BCUT2D eigenvalue weighted by atomic mass is 32.1. The summed E-state index contributed by atoms with van der Waals surface area (Å²) in [5.41, 5.74) is 2.18. The van der Waals surface area contributed by atoms with Gasteiger partial charge in [0.2, 0.25) is 0 Å². The Hall–Kier alpha value is -2.40. The molecular weight excluding hydrogens is 308 g/mol. The fourth-order valence-corrected chi connectivity index (χ4v) is 2.37. The van der Waals surface area contributed by atoms with Crippen LogP contribution in [0.1, 0.15) is 24.1 Å². The first-order valence-electron chi connectivity index (χ1n) is 7.39. The number of rotatable bonds is 5. The first kappa shape index (κ1) is 17.0. The van der Waals surface area contributed by atoms with Gasteiger partial charge in [-0.2, -0.15) is 0 Å². The van der Waals surface area contributed by atoms with E-state index in [1.165, 1.54) is 0 Å². The van der Waals surface area contributed by atoms with E-state index in [2.05, 4.69) is 10.6 Å². The molecule has 0 bridgehead atoms. The second-order valence-electron chi connectivity index (χ2n) is 5.26. The van der Waals surface area contributed by atoms with Crippen LogP contribution < -0.4 is 15.4 Å². The summed E-state index contributed by atoms with van der Waals surface area (Å²) >= 11 is 5.16. The van der Waals surface area contributed by atoms with Gasteiger partial charge < -0.3 is 15.4 Å². The molecule has 0 aliphatic rings. The van der Waals surface area contributed by atoms with Crippen molar-refractivity contribution in [2.45, 2.75) is 19.9 Å². The standard InChI is InChI=1S/C18H20N2O2S/c1-13-7-6-10-16(11-13)22-12-17(21)20-18(23)19-14(2)15-8-4-3-5-9-15/h3-11,14H,12H2,1-2H3,(H2,19,20,21,23). The van der Waals surface area contributed by atoms with E-state index in [1.807, 2.05) is 68.4 Å². The average molecular weight is 328 g/mol. The van der Waals surface area contributed by atoms with E-state index in [9.17, 15) is 4.79 Å². The second kappa shape index (κ2) is 8.29. The topological polar surface area (TPSA) is 50.4 Å². The summed E-state index contributed by atoms with van der Waals surface area (Å²) in [7, 11) is 0. The van der Waals surface area contributed by atoms with Gasteiger partial charge in [-0.05, 0) is 49.3 Å². The number of ether oxygens (including phenoxy) is 1. The molecule has 0 saturated heterocycles. The van der Waals surface area contributed by atoms with Crippen LogP contribution >= 0.6 is 12.2 Å². The van der Waals surface area contributed by atoms with Crippen LogP contribution in [0.4, 0.5) is 0 Å². The van der Waals surface area contributed by atoms with E-state index in [0.717, 1.165) is 11.1 Å². The number of benzene rings is 2. The molecule has 0 fully saturated rings. The smallest absolute Gasteiger partial charge is 0.264 e. The van der Waals surface area contributed by atoms with Crippen LogP contribution in [0.25, 0.3) is 0 Å². The molecule has 1 atom stereocenters. The summed E-state index contributed by atoms with van der Waals surface area (Å²) in [6.45, 7) is 3.87. The molecule has 0 saturated carbocycles. The third-order valence-corrected chi connectivity index (χ3v) is 3.48. The van der Waals surface area contributed by atoms with E-state index in [-0.39, 0.29) is 18.6 Å². The Morgan fingerprint density at radius 1 is 1.17 bits per heavy atom. The maximum Gasteiger partial charge on any atom is 0.264 e. The molecule has 0 aliphatic carbocycles. The predicted octanol–water partition coefficient (Wildman–Crippen LogP) is 3.13. The SMILES string of the molecule is Cc1cccc(OCC(=O)NC(=S)NC(C)c2ccccc2)c1. The molecule has 2 N–H and O–H groups in total. The van der Waals surface area contributed by atoms with Crippen LogP contribution in [-0.4, -0.2) is 17.6 Å². The normalized spacial score (nSPS) is 11.4. The summed E-state index contributed by atoms with van der Waals surface area (Å²) in [5.74, 6) is 0.376. The lowest BCUT2D eigenvalue weighted by Gasteiger charge is -2.16. The summed E-state index contributed by atoms with van der Waals surface area (Å²) in [6, 6.07) is 17.4. The maximum absolute atomic E-state index is 11.9. The number of hydrogen-bond donors (Lipinski definition) is 2. The van der Waals surface area contributed by atoms with Gasteiger partial charge in [-0.3, -0.25) is 4.79 Å². The van der Waals surface area contributed by atoms with E-state index >= 15 is 0 Å². The second-order valence-corrected chi connectivity index (χ2v) is 5.67. The monoisotopic (exact) mass is 328 g/mol. The molecule has 0 spiro atoms. The Balaban J connectivity index is 1.77. The lowest BCUT2D eigenvalue weighted by Crippen LogP contribution is -2.42. The molecule has 0 heterocycles. The van der Waals surface area contributed by atoms with Crippen molar-refractivity contribution >= 4 is 23.2 Å². The first-order valence-corrected chi connectivity index (χ1v) is 7.80. The number of hydrogen-bond acceptors (Lipinski definition) is 3. The Morgan fingerprint density at radius 2 is 1.91 bits per heavy atom. The quantitative estimate of drug-likeness (QED) is 0.828. The molecule has 23 heavy (non-hydrogen) atoms. The predicted molar refractivity (Wildman–Crippen MR) is 95.4 cm³/mol. The van der Waals surface area contributed by atoms with Gasteiger partial charge in [0.05, 0.1) is 6.04 Å². The molecule has 0 radical (unpaired) electrons. The zero-order valence-electron chi connectivity index (χ0n) is 13.2. The molecule has 2 aromatic rings. The van der Waals surface area contributed by atoms with Gasteiger partial charge in [0.15, 0.2) is 11.7 Å². The first-order chi connectivity index (χ1) is 11.0. The lowest BCUT2D eigenvalue weighted by molar-refractivity contribution is -0.121. The number of thiocarbonyl (C=S) groups is 1. The van der Waals surface area contributed by atoms with Crippen molar-refractivity contribution < 1.29 is 9.53 Å². The van der Waals surface area contributed by atoms with E-state index < -0.39 is 0 Å². The lowest BCUT2D eigenvalue weighted by atomic mass is 10.1. The molecular formula is C18H20N2O2S. The van der Waals surface area contributed by atoms with E-state index in [4.69, 9.17) is 17.0 Å². The van der Waals surface area contributed by atoms with Gasteiger partial charge in [0.1, 0.15) is 5.75 Å². The van der Waals surface area contributed by atoms with Crippen molar-refractivity contribution in [2.75, 3.05) is 6.61 Å². The van der Waals surface area contributed by atoms with Crippen molar-refractivity contribution in [3.05, 3.63) is 65.7 Å². The van der Waals surface area contributed by atoms with Gasteiger partial charge in [-0.15, -0.1) is 0 Å². The molecule has 120 valence electrons. The zero-order chi connectivity index (χ0) is 16.7. The summed E-state index contributed by atoms with van der Waals surface area (Å²) < 4.78 is 5.44. The van der Waals surface area contributed by atoms with Crippen LogP contribution in [0.5, 0.6) is 5.75 Å². The fourth-order valence-electron chi connectivity index (χ4n) is 2.07. The van der Waals surface area contributed by atoms with Gasteiger partial charge in [0, 0.05) is 0 Å². The van der Waals surface area contributed by atoms with Crippen LogP contribution in [0.2, 0.25) is 0 Å².